The summed E-state index contributed by atoms with van der Waals surface area (Å²) in [6.07, 6.45) is 8.67. The lowest BCUT2D eigenvalue weighted by Gasteiger charge is -2.42. The van der Waals surface area contributed by atoms with E-state index in [2.05, 4.69) is 10.2 Å². The fraction of sp³-hybridized carbons (Fsp3) is 1.00. The SMILES string of the molecule is C1COC(CN2CCNC3(CCCC3)C2)C1. The molecule has 16 heavy (non-hydrogen) atoms. The maximum absolute atomic E-state index is 5.74. The molecule has 2 heterocycles. The quantitative estimate of drug-likeness (QED) is 0.767. The second kappa shape index (κ2) is 4.63. The van der Waals surface area contributed by atoms with Gasteiger partial charge in [-0.3, -0.25) is 4.90 Å². The summed E-state index contributed by atoms with van der Waals surface area (Å²) in [5, 5.41) is 3.77. The van der Waals surface area contributed by atoms with E-state index in [9.17, 15) is 0 Å². The lowest BCUT2D eigenvalue weighted by molar-refractivity contribution is 0.0480. The Kier molecular flexibility index (Phi) is 3.18. The highest BCUT2D eigenvalue weighted by Crippen LogP contribution is 2.32. The van der Waals surface area contributed by atoms with E-state index in [-0.39, 0.29) is 0 Å². The van der Waals surface area contributed by atoms with E-state index in [0.717, 1.165) is 6.61 Å². The van der Waals surface area contributed by atoms with Gasteiger partial charge in [0.25, 0.3) is 0 Å². The predicted octanol–water partition coefficient (Wildman–Crippen LogP) is 1.38. The molecule has 2 aliphatic heterocycles. The highest BCUT2D eigenvalue weighted by molar-refractivity contribution is 4.98. The van der Waals surface area contributed by atoms with Crippen LogP contribution in [-0.2, 0) is 4.74 Å². The van der Waals surface area contributed by atoms with Gasteiger partial charge >= 0.3 is 0 Å². The molecule has 1 N–H and O–H groups in total. The Morgan fingerprint density at radius 3 is 2.88 bits per heavy atom. The summed E-state index contributed by atoms with van der Waals surface area (Å²) in [5.41, 5.74) is 0.469. The number of rotatable bonds is 2. The minimum absolute atomic E-state index is 0.469. The molecule has 0 aromatic heterocycles. The van der Waals surface area contributed by atoms with Crippen LogP contribution in [0.2, 0.25) is 0 Å². The molecule has 1 spiro atoms. The number of hydrogen-bond acceptors (Lipinski definition) is 3. The van der Waals surface area contributed by atoms with Gasteiger partial charge in [0.05, 0.1) is 6.10 Å². The largest absolute Gasteiger partial charge is 0.377 e. The van der Waals surface area contributed by atoms with Crippen molar-refractivity contribution in [2.45, 2.75) is 50.2 Å². The van der Waals surface area contributed by atoms with Crippen molar-refractivity contribution in [2.75, 3.05) is 32.8 Å². The third-order valence-corrected chi connectivity index (χ3v) is 4.50. The topological polar surface area (TPSA) is 24.5 Å². The fourth-order valence-corrected chi connectivity index (χ4v) is 3.66. The third kappa shape index (κ3) is 2.27. The number of nitrogens with one attached hydrogen (secondary N) is 1. The van der Waals surface area contributed by atoms with E-state index in [1.807, 2.05) is 0 Å². The van der Waals surface area contributed by atoms with Crippen LogP contribution in [0.3, 0.4) is 0 Å². The summed E-state index contributed by atoms with van der Waals surface area (Å²) in [7, 11) is 0. The minimum atomic E-state index is 0.469. The molecule has 3 fully saturated rings. The second-order valence-electron chi connectivity index (χ2n) is 5.78. The molecule has 1 atom stereocenters. The highest BCUT2D eigenvalue weighted by Gasteiger charge is 2.38. The number of nitrogens with zero attached hydrogens (tertiary/aromatic N) is 1. The summed E-state index contributed by atoms with van der Waals surface area (Å²) in [6.45, 7) is 5.80. The monoisotopic (exact) mass is 224 g/mol. The lowest BCUT2D eigenvalue weighted by Crippen LogP contribution is -2.59. The van der Waals surface area contributed by atoms with Crippen LogP contribution in [0.25, 0.3) is 0 Å². The fourth-order valence-electron chi connectivity index (χ4n) is 3.66. The van der Waals surface area contributed by atoms with Gasteiger partial charge in [-0.25, -0.2) is 0 Å². The molecule has 2 saturated heterocycles. The van der Waals surface area contributed by atoms with Crippen LogP contribution in [0.1, 0.15) is 38.5 Å². The van der Waals surface area contributed by atoms with Crippen LogP contribution in [0.15, 0.2) is 0 Å². The standard InChI is InChI=1S/C13H24N2O/c1-2-6-13(5-1)11-15(8-7-14-13)10-12-4-3-9-16-12/h12,14H,1-11H2. The molecule has 92 valence electrons. The molecule has 1 aliphatic carbocycles. The van der Waals surface area contributed by atoms with Gasteiger partial charge in [-0.2, -0.15) is 0 Å². The van der Waals surface area contributed by atoms with Crippen molar-refractivity contribution in [1.29, 1.82) is 0 Å². The Morgan fingerprint density at radius 1 is 1.25 bits per heavy atom. The van der Waals surface area contributed by atoms with Crippen molar-refractivity contribution in [3.8, 4) is 0 Å². The van der Waals surface area contributed by atoms with Gasteiger partial charge in [0.2, 0.25) is 0 Å². The molecule has 3 rings (SSSR count). The Morgan fingerprint density at radius 2 is 2.12 bits per heavy atom. The molecule has 1 saturated carbocycles. The predicted molar refractivity (Wildman–Crippen MR) is 64.6 cm³/mol. The first-order valence-electron chi connectivity index (χ1n) is 6.95. The normalized spacial score (nSPS) is 34.9. The van der Waals surface area contributed by atoms with Crippen molar-refractivity contribution >= 4 is 0 Å². The first kappa shape index (κ1) is 11.0. The molecular weight excluding hydrogens is 200 g/mol. The van der Waals surface area contributed by atoms with Crippen LogP contribution in [0.4, 0.5) is 0 Å². The molecule has 0 aromatic rings. The molecular formula is C13H24N2O. The average Bonchev–Trinajstić information content (AvgIpc) is 2.91. The van der Waals surface area contributed by atoms with Crippen LogP contribution < -0.4 is 5.32 Å². The van der Waals surface area contributed by atoms with Gasteiger partial charge < -0.3 is 10.1 Å². The van der Waals surface area contributed by atoms with Gasteiger partial charge in [-0.1, -0.05) is 12.8 Å². The second-order valence-corrected chi connectivity index (χ2v) is 5.78. The van der Waals surface area contributed by atoms with Crippen LogP contribution in [0, 0.1) is 0 Å². The summed E-state index contributed by atoms with van der Waals surface area (Å²) in [5.74, 6) is 0. The average molecular weight is 224 g/mol. The molecule has 0 radical (unpaired) electrons. The number of hydrogen-bond donors (Lipinski definition) is 1. The van der Waals surface area contributed by atoms with Gasteiger partial charge in [0.15, 0.2) is 0 Å². The van der Waals surface area contributed by atoms with E-state index >= 15 is 0 Å². The maximum Gasteiger partial charge on any atom is 0.0702 e. The van der Waals surface area contributed by atoms with Gasteiger partial charge in [0, 0.05) is 38.3 Å². The van der Waals surface area contributed by atoms with Gasteiger partial charge in [-0.05, 0) is 25.7 Å². The summed E-state index contributed by atoms with van der Waals surface area (Å²) < 4.78 is 5.74. The smallest absolute Gasteiger partial charge is 0.0702 e. The third-order valence-electron chi connectivity index (χ3n) is 4.50. The van der Waals surface area contributed by atoms with Crippen molar-refractivity contribution < 1.29 is 4.74 Å². The maximum atomic E-state index is 5.74. The molecule has 0 aromatic carbocycles. The van der Waals surface area contributed by atoms with Crippen molar-refractivity contribution in [2.24, 2.45) is 0 Å². The van der Waals surface area contributed by atoms with E-state index in [1.165, 1.54) is 64.7 Å². The Balaban J connectivity index is 1.55. The minimum Gasteiger partial charge on any atom is -0.377 e. The van der Waals surface area contributed by atoms with Gasteiger partial charge in [-0.15, -0.1) is 0 Å². The molecule has 3 nitrogen and oxygen atoms in total. The first-order valence-corrected chi connectivity index (χ1v) is 6.95. The zero-order valence-electron chi connectivity index (χ0n) is 10.2. The number of piperazine rings is 1. The molecule has 1 unspecified atom stereocenters. The van der Waals surface area contributed by atoms with Crippen LogP contribution >= 0.6 is 0 Å². The van der Waals surface area contributed by atoms with E-state index < -0.39 is 0 Å². The lowest BCUT2D eigenvalue weighted by atomic mass is 9.94. The van der Waals surface area contributed by atoms with Crippen molar-refractivity contribution in [3.05, 3.63) is 0 Å². The molecule has 0 bridgehead atoms. The van der Waals surface area contributed by atoms with Crippen LogP contribution in [-0.4, -0.2) is 49.3 Å². The molecule has 3 heteroatoms. The Hall–Kier alpha value is -0.120. The summed E-state index contributed by atoms with van der Waals surface area (Å²) in [6, 6.07) is 0. The molecule has 3 aliphatic rings. The van der Waals surface area contributed by atoms with Crippen molar-refractivity contribution in [1.82, 2.24) is 10.2 Å². The Labute approximate surface area is 98.5 Å². The first-order chi connectivity index (χ1) is 7.86. The van der Waals surface area contributed by atoms with E-state index in [1.54, 1.807) is 0 Å². The zero-order valence-corrected chi connectivity index (χ0v) is 10.2. The van der Waals surface area contributed by atoms with Crippen LogP contribution in [0.5, 0.6) is 0 Å². The van der Waals surface area contributed by atoms with Crippen molar-refractivity contribution in [3.63, 3.8) is 0 Å². The number of ether oxygens (including phenoxy) is 1. The summed E-state index contributed by atoms with van der Waals surface area (Å²) >= 11 is 0. The van der Waals surface area contributed by atoms with Gasteiger partial charge in [0.1, 0.15) is 0 Å². The Bertz CT molecular complexity index is 232. The molecule has 0 amide bonds. The van der Waals surface area contributed by atoms with E-state index in [4.69, 9.17) is 4.74 Å². The zero-order chi connectivity index (χ0) is 10.8. The summed E-state index contributed by atoms with van der Waals surface area (Å²) in [4.78, 5) is 2.64. The van der Waals surface area contributed by atoms with E-state index in [0.29, 0.717) is 11.6 Å². The highest BCUT2D eigenvalue weighted by atomic mass is 16.5.